The first-order valence-corrected chi connectivity index (χ1v) is 10.5. The van der Waals surface area contributed by atoms with Crippen LogP contribution in [0.25, 0.3) is 0 Å². The molecule has 0 aromatic heterocycles. The molecule has 0 bridgehead atoms. The number of benzene rings is 2. The number of methoxy groups -OCH3 is 2. The van der Waals surface area contributed by atoms with Gasteiger partial charge in [-0.05, 0) is 73.5 Å². The van der Waals surface area contributed by atoms with Crippen LogP contribution in [0.2, 0.25) is 0 Å². The number of rotatable bonds is 10. The average Bonchev–Trinajstić information content (AvgIpc) is 2.79. The third kappa shape index (κ3) is 8.13. The second kappa shape index (κ2) is 12.4. The van der Waals surface area contributed by atoms with Crippen LogP contribution in [0.3, 0.4) is 0 Å². The van der Waals surface area contributed by atoms with Crippen LogP contribution in [0.15, 0.2) is 58.7 Å². The lowest BCUT2D eigenvalue weighted by Gasteiger charge is -2.14. The highest BCUT2D eigenvalue weighted by atomic mass is 32.2. The summed E-state index contributed by atoms with van der Waals surface area (Å²) in [6.07, 6.45) is 3.08. The van der Waals surface area contributed by atoms with E-state index >= 15 is 0 Å². The summed E-state index contributed by atoms with van der Waals surface area (Å²) in [5.74, 6) is 0.894. The van der Waals surface area contributed by atoms with E-state index in [9.17, 15) is 9.59 Å². The lowest BCUT2D eigenvalue weighted by molar-refractivity contribution is -0.120. The van der Waals surface area contributed by atoms with Gasteiger partial charge >= 0.3 is 0 Å². The molecule has 0 saturated carbocycles. The fourth-order valence-electron chi connectivity index (χ4n) is 2.33. The van der Waals surface area contributed by atoms with Gasteiger partial charge in [0.1, 0.15) is 11.5 Å². The Labute approximate surface area is 186 Å². The van der Waals surface area contributed by atoms with Gasteiger partial charge in [0.25, 0.3) is 11.8 Å². The lowest BCUT2D eigenvalue weighted by atomic mass is 10.2. The van der Waals surface area contributed by atoms with Crippen LogP contribution < -0.4 is 20.3 Å². The van der Waals surface area contributed by atoms with Gasteiger partial charge in [0.05, 0.1) is 37.1 Å². The molecule has 2 aromatic rings. The lowest BCUT2D eigenvalue weighted by Crippen LogP contribution is -2.33. The van der Waals surface area contributed by atoms with Crippen LogP contribution in [-0.4, -0.2) is 49.0 Å². The number of nitrogens with zero attached hydrogens (tertiary/aromatic N) is 2. The van der Waals surface area contributed by atoms with E-state index in [2.05, 4.69) is 21.1 Å². The maximum absolute atomic E-state index is 12.2. The number of hydrazone groups is 2. The van der Waals surface area contributed by atoms with Gasteiger partial charge in [-0.3, -0.25) is 9.59 Å². The van der Waals surface area contributed by atoms with Crippen LogP contribution in [0.5, 0.6) is 11.5 Å². The second-order valence-corrected chi connectivity index (χ2v) is 8.12. The number of amides is 2. The van der Waals surface area contributed by atoms with Crippen LogP contribution in [0.4, 0.5) is 0 Å². The van der Waals surface area contributed by atoms with Crippen LogP contribution in [-0.2, 0) is 9.59 Å². The highest BCUT2D eigenvalue weighted by Crippen LogP contribution is 2.18. The number of ether oxygens (including phenoxy) is 2. The topological polar surface area (TPSA) is 101 Å². The number of carbonyl (C=O) groups is 2. The molecule has 2 unspecified atom stereocenters. The molecule has 2 amide bonds. The van der Waals surface area contributed by atoms with Crippen molar-refractivity contribution in [3.63, 3.8) is 0 Å². The molecule has 164 valence electrons. The third-order valence-corrected chi connectivity index (χ3v) is 5.40. The van der Waals surface area contributed by atoms with Gasteiger partial charge in [-0.1, -0.05) is 0 Å². The van der Waals surface area contributed by atoms with Crippen LogP contribution >= 0.6 is 11.8 Å². The SMILES string of the molecule is COc1ccc(C=NNC(=O)C(C)SC(C)C(=O)N/N=C/c2ccc(OC)cc2)cc1. The first-order chi connectivity index (χ1) is 14.9. The summed E-state index contributed by atoms with van der Waals surface area (Å²) < 4.78 is 10.2. The Morgan fingerprint density at radius 2 is 1.13 bits per heavy atom. The zero-order valence-corrected chi connectivity index (χ0v) is 18.7. The highest BCUT2D eigenvalue weighted by Gasteiger charge is 2.21. The molecule has 0 aliphatic carbocycles. The fraction of sp³-hybridized carbons (Fsp3) is 0.273. The summed E-state index contributed by atoms with van der Waals surface area (Å²) >= 11 is 1.21. The Morgan fingerprint density at radius 3 is 1.45 bits per heavy atom. The largest absolute Gasteiger partial charge is 0.497 e. The summed E-state index contributed by atoms with van der Waals surface area (Å²) in [5.41, 5.74) is 6.62. The van der Waals surface area contributed by atoms with Crippen molar-refractivity contribution in [2.24, 2.45) is 10.2 Å². The molecule has 0 aliphatic rings. The molecule has 2 atom stereocenters. The maximum Gasteiger partial charge on any atom is 0.252 e. The number of thioether (sulfide) groups is 1. The molecule has 31 heavy (non-hydrogen) atoms. The van der Waals surface area contributed by atoms with Crippen LogP contribution in [0, 0.1) is 0 Å². The van der Waals surface area contributed by atoms with E-state index in [-0.39, 0.29) is 11.8 Å². The first-order valence-electron chi connectivity index (χ1n) is 9.52. The molecule has 9 heteroatoms. The van der Waals surface area contributed by atoms with Gasteiger partial charge in [0.2, 0.25) is 0 Å². The van der Waals surface area contributed by atoms with Gasteiger partial charge in [0, 0.05) is 0 Å². The van der Waals surface area contributed by atoms with Crippen molar-refractivity contribution >= 4 is 36.0 Å². The van der Waals surface area contributed by atoms with Gasteiger partial charge in [-0.25, -0.2) is 10.9 Å². The minimum atomic E-state index is -0.473. The van der Waals surface area contributed by atoms with Gasteiger partial charge in [-0.2, -0.15) is 10.2 Å². The number of hydrogen-bond acceptors (Lipinski definition) is 7. The molecule has 0 radical (unpaired) electrons. The monoisotopic (exact) mass is 442 g/mol. The van der Waals surface area contributed by atoms with Crippen molar-refractivity contribution < 1.29 is 19.1 Å². The van der Waals surface area contributed by atoms with Crippen molar-refractivity contribution in [1.29, 1.82) is 0 Å². The van der Waals surface area contributed by atoms with Crippen molar-refractivity contribution in [2.45, 2.75) is 24.3 Å². The standard InChI is InChI=1S/C22H26N4O4S/c1-15(21(27)25-23-13-17-5-9-19(29-3)10-6-17)31-16(2)22(28)26-24-14-18-7-11-20(30-4)12-8-18/h5-16H,1-4H3,(H,25,27)(H,26,28)/b23-13+,24-14?. The summed E-state index contributed by atoms with van der Waals surface area (Å²) in [6, 6.07) is 14.5. The Balaban J connectivity index is 1.76. The molecule has 0 aliphatic heterocycles. The van der Waals surface area contributed by atoms with E-state index in [4.69, 9.17) is 9.47 Å². The summed E-state index contributed by atoms with van der Waals surface area (Å²) in [5, 5.41) is 6.96. The first kappa shape index (κ1) is 23.9. The van der Waals surface area contributed by atoms with Gasteiger partial charge in [-0.15, -0.1) is 11.8 Å². The Morgan fingerprint density at radius 1 is 0.774 bits per heavy atom. The predicted molar refractivity (Wildman–Crippen MR) is 124 cm³/mol. The fourth-order valence-corrected chi connectivity index (χ4v) is 3.30. The molecule has 2 N–H and O–H groups in total. The predicted octanol–water partition coefficient (Wildman–Crippen LogP) is 2.81. The van der Waals surface area contributed by atoms with E-state index in [1.807, 2.05) is 24.3 Å². The van der Waals surface area contributed by atoms with E-state index < -0.39 is 10.5 Å². The minimum absolute atomic E-state index is 0.295. The molecule has 0 fully saturated rings. The molecule has 0 saturated heterocycles. The normalized spacial score (nSPS) is 13.0. The van der Waals surface area contributed by atoms with Gasteiger partial charge in [0.15, 0.2) is 0 Å². The summed E-state index contributed by atoms with van der Waals surface area (Å²) in [6.45, 7) is 3.43. The van der Waals surface area contributed by atoms with Crippen molar-refractivity contribution in [1.82, 2.24) is 10.9 Å². The Bertz CT molecular complexity index is 839. The molecule has 0 spiro atoms. The molecule has 8 nitrogen and oxygen atoms in total. The minimum Gasteiger partial charge on any atom is -0.497 e. The van der Waals surface area contributed by atoms with E-state index in [1.54, 1.807) is 64.8 Å². The highest BCUT2D eigenvalue weighted by molar-refractivity contribution is 8.01. The zero-order chi connectivity index (χ0) is 22.6. The van der Waals surface area contributed by atoms with Crippen molar-refractivity contribution in [3.8, 4) is 11.5 Å². The number of hydrogen-bond donors (Lipinski definition) is 2. The quantitative estimate of drug-likeness (QED) is 0.435. The second-order valence-electron chi connectivity index (χ2n) is 6.44. The van der Waals surface area contributed by atoms with Gasteiger partial charge < -0.3 is 9.47 Å². The Hall–Kier alpha value is -3.33. The summed E-state index contributed by atoms with van der Waals surface area (Å²) in [7, 11) is 3.19. The maximum atomic E-state index is 12.2. The third-order valence-electron chi connectivity index (χ3n) is 4.16. The molecule has 2 aromatic carbocycles. The molecular weight excluding hydrogens is 416 g/mol. The zero-order valence-electron chi connectivity index (χ0n) is 17.9. The average molecular weight is 443 g/mol. The molecule has 0 heterocycles. The molecule has 2 rings (SSSR count). The number of carbonyl (C=O) groups excluding carboxylic acids is 2. The van der Waals surface area contributed by atoms with Crippen molar-refractivity contribution in [3.05, 3.63) is 59.7 Å². The molecular formula is C22H26N4O4S. The summed E-state index contributed by atoms with van der Waals surface area (Å²) in [4.78, 5) is 24.4. The van der Waals surface area contributed by atoms with E-state index in [1.165, 1.54) is 11.8 Å². The van der Waals surface area contributed by atoms with E-state index in [0.29, 0.717) is 0 Å². The Kier molecular flexibility index (Phi) is 9.57. The van der Waals surface area contributed by atoms with Crippen molar-refractivity contribution in [2.75, 3.05) is 14.2 Å². The van der Waals surface area contributed by atoms with E-state index in [0.717, 1.165) is 22.6 Å². The number of nitrogens with one attached hydrogen (secondary N) is 2. The van der Waals surface area contributed by atoms with Crippen LogP contribution in [0.1, 0.15) is 25.0 Å². The smallest absolute Gasteiger partial charge is 0.252 e.